The van der Waals surface area contributed by atoms with E-state index in [-0.39, 0.29) is 39.5 Å². The standard InChI is InChI=1S/C15H12Cl2F2N6/c1-25-6-7(5-21-25)22-15-23-11(13(19)14(20)24-15)4-8-9(16)2-3-10(17)12(8)18/h2-3,5-6H,4H2,1H3,(H3,20,22,23,24). The second kappa shape index (κ2) is 6.81. The minimum atomic E-state index is -0.841. The van der Waals surface area contributed by atoms with Crippen LogP contribution in [0.3, 0.4) is 0 Å². The molecular formula is C15H12Cl2F2N6. The summed E-state index contributed by atoms with van der Waals surface area (Å²) in [7, 11) is 1.74. The Balaban J connectivity index is 1.97. The van der Waals surface area contributed by atoms with Crippen molar-refractivity contribution >= 4 is 40.7 Å². The molecule has 25 heavy (non-hydrogen) atoms. The van der Waals surface area contributed by atoms with Crippen LogP contribution in [0.2, 0.25) is 10.0 Å². The zero-order chi connectivity index (χ0) is 18.1. The van der Waals surface area contributed by atoms with Gasteiger partial charge in [0.15, 0.2) is 11.6 Å². The van der Waals surface area contributed by atoms with Crippen molar-refractivity contribution in [2.45, 2.75) is 6.42 Å². The SMILES string of the molecule is Cn1cc(Nc2nc(N)c(F)c(Cc3c(Cl)ccc(Cl)c3F)n2)cn1. The van der Waals surface area contributed by atoms with Gasteiger partial charge in [-0.2, -0.15) is 10.1 Å². The van der Waals surface area contributed by atoms with Gasteiger partial charge in [-0.25, -0.2) is 13.8 Å². The van der Waals surface area contributed by atoms with E-state index < -0.39 is 11.6 Å². The molecule has 0 saturated carbocycles. The molecule has 0 amide bonds. The fourth-order valence-corrected chi connectivity index (χ4v) is 2.59. The van der Waals surface area contributed by atoms with E-state index in [1.54, 1.807) is 17.9 Å². The second-order valence-electron chi connectivity index (χ2n) is 5.22. The van der Waals surface area contributed by atoms with Crippen LogP contribution in [0.25, 0.3) is 0 Å². The van der Waals surface area contributed by atoms with E-state index in [1.807, 2.05) is 0 Å². The van der Waals surface area contributed by atoms with Crippen molar-refractivity contribution in [2.24, 2.45) is 7.05 Å². The fourth-order valence-electron chi connectivity index (χ4n) is 2.20. The first-order valence-electron chi connectivity index (χ1n) is 7.05. The molecule has 2 heterocycles. The summed E-state index contributed by atoms with van der Waals surface area (Å²) in [6.45, 7) is 0. The number of rotatable bonds is 4. The van der Waals surface area contributed by atoms with Crippen molar-refractivity contribution in [1.82, 2.24) is 19.7 Å². The molecule has 3 N–H and O–H groups in total. The largest absolute Gasteiger partial charge is 0.381 e. The van der Waals surface area contributed by atoms with Gasteiger partial charge in [-0.05, 0) is 12.1 Å². The van der Waals surface area contributed by atoms with E-state index in [9.17, 15) is 8.78 Å². The molecule has 0 unspecified atom stereocenters. The normalized spacial score (nSPS) is 10.9. The van der Waals surface area contributed by atoms with E-state index in [1.165, 1.54) is 18.3 Å². The monoisotopic (exact) mass is 384 g/mol. The van der Waals surface area contributed by atoms with Crippen LogP contribution in [0, 0.1) is 11.6 Å². The van der Waals surface area contributed by atoms with E-state index in [0.29, 0.717) is 5.69 Å². The molecule has 0 saturated heterocycles. The molecule has 0 aliphatic heterocycles. The predicted molar refractivity (Wildman–Crippen MR) is 92.1 cm³/mol. The molecule has 0 spiro atoms. The average molecular weight is 385 g/mol. The van der Waals surface area contributed by atoms with Crippen LogP contribution in [0.5, 0.6) is 0 Å². The topological polar surface area (TPSA) is 81.7 Å². The predicted octanol–water partition coefficient (Wildman–Crippen LogP) is 3.71. The van der Waals surface area contributed by atoms with Crippen molar-refractivity contribution in [3.05, 3.63) is 57.5 Å². The van der Waals surface area contributed by atoms with E-state index in [0.717, 1.165) is 0 Å². The molecule has 10 heteroatoms. The Hall–Kier alpha value is -2.45. The minimum Gasteiger partial charge on any atom is -0.381 e. The smallest absolute Gasteiger partial charge is 0.229 e. The van der Waals surface area contributed by atoms with Gasteiger partial charge in [0.1, 0.15) is 5.82 Å². The van der Waals surface area contributed by atoms with Crippen molar-refractivity contribution in [2.75, 3.05) is 11.1 Å². The van der Waals surface area contributed by atoms with E-state index in [4.69, 9.17) is 28.9 Å². The third-order valence-electron chi connectivity index (χ3n) is 3.39. The fraction of sp³-hybridized carbons (Fsp3) is 0.133. The summed E-state index contributed by atoms with van der Waals surface area (Å²) >= 11 is 11.8. The number of hydrogen-bond donors (Lipinski definition) is 2. The summed E-state index contributed by atoms with van der Waals surface area (Å²) in [5.74, 6) is -1.88. The lowest BCUT2D eigenvalue weighted by molar-refractivity contribution is 0.591. The number of nitrogens with one attached hydrogen (secondary N) is 1. The Morgan fingerprint density at radius 3 is 2.56 bits per heavy atom. The summed E-state index contributed by atoms with van der Waals surface area (Å²) in [5, 5.41) is 6.84. The Labute approximate surface area is 151 Å². The Morgan fingerprint density at radius 2 is 1.88 bits per heavy atom. The number of nitrogen functional groups attached to an aromatic ring is 1. The lowest BCUT2D eigenvalue weighted by atomic mass is 10.1. The number of aryl methyl sites for hydroxylation is 1. The second-order valence-corrected chi connectivity index (χ2v) is 6.03. The summed E-state index contributed by atoms with van der Waals surface area (Å²) in [5.41, 5.74) is 6.11. The molecule has 0 aliphatic carbocycles. The zero-order valence-electron chi connectivity index (χ0n) is 12.9. The van der Waals surface area contributed by atoms with Crippen LogP contribution in [0.4, 0.5) is 26.2 Å². The molecule has 130 valence electrons. The minimum absolute atomic E-state index is 0.0264. The summed E-state index contributed by atoms with van der Waals surface area (Å²) in [6.07, 6.45) is 2.98. The van der Waals surface area contributed by atoms with Gasteiger partial charge in [-0.3, -0.25) is 4.68 Å². The van der Waals surface area contributed by atoms with Gasteiger partial charge in [-0.15, -0.1) is 0 Å². The van der Waals surface area contributed by atoms with Crippen LogP contribution in [-0.4, -0.2) is 19.7 Å². The summed E-state index contributed by atoms with van der Waals surface area (Å²) in [4.78, 5) is 7.89. The van der Waals surface area contributed by atoms with Crippen molar-refractivity contribution in [3.63, 3.8) is 0 Å². The first kappa shape index (κ1) is 17.4. The molecule has 0 fully saturated rings. The molecule has 6 nitrogen and oxygen atoms in total. The molecule has 1 aromatic carbocycles. The highest BCUT2D eigenvalue weighted by molar-refractivity contribution is 6.33. The quantitative estimate of drug-likeness (QED) is 0.670. The van der Waals surface area contributed by atoms with Crippen LogP contribution in [-0.2, 0) is 13.5 Å². The number of aromatic nitrogens is 4. The van der Waals surface area contributed by atoms with Gasteiger partial charge in [-0.1, -0.05) is 23.2 Å². The highest BCUT2D eigenvalue weighted by Crippen LogP contribution is 2.29. The summed E-state index contributed by atoms with van der Waals surface area (Å²) in [6, 6.07) is 2.75. The third-order valence-corrected chi connectivity index (χ3v) is 4.04. The zero-order valence-corrected chi connectivity index (χ0v) is 14.4. The van der Waals surface area contributed by atoms with Crippen LogP contribution >= 0.6 is 23.2 Å². The molecular weight excluding hydrogens is 373 g/mol. The molecule has 0 atom stereocenters. The number of nitrogens with two attached hydrogens (primary N) is 1. The van der Waals surface area contributed by atoms with Crippen LogP contribution < -0.4 is 11.1 Å². The van der Waals surface area contributed by atoms with Gasteiger partial charge in [0, 0.05) is 30.3 Å². The molecule has 0 aliphatic rings. The first-order valence-corrected chi connectivity index (χ1v) is 7.80. The van der Waals surface area contributed by atoms with E-state index in [2.05, 4.69) is 20.4 Å². The van der Waals surface area contributed by atoms with Crippen LogP contribution in [0.15, 0.2) is 24.5 Å². The van der Waals surface area contributed by atoms with Crippen molar-refractivity contribution in [3.8, 4) is 0 Å². The Morgan fingerprint density at radius 1 is 1.16 bits per heavy atom. The van der Waals surface area contributed by atoms with Crippen LogP contribution in [0.1, 0.15) is 11.3 Å². The number of halogens is 4. The highest BCUT2D eigenvalue weighted by atomic mass is 35.5. The maximum Gasteiger partial charge on any atom is 0.229 e. The lowest BCUT2D eigenvalue weighted by Gasteiger charge is -2.10. The van der Waals surface area contributed by atoms with E-state index >= 15 is 0 Å². The van der Waals surface area contributed by atoms with Gasteiger partial charge < -0.3 is 11.1 Å². The number of hydrogen-bond acceptors (Lipinski definition) is 5. The molecule has 3 rings (SSSR count). The summed E-state index contributed by atoms with van der Waals surface area (Å²) < 4.78 is 30.0. The molecule has 0 radical (unpaired) electrons. The van der Waals surface area contributed by atoms with Gasteiger partial charge >= 0.3 is 0 Å². The third kappa shape index (κ3) is 3.64. The maximum absolute atomic E-state index is 14.3. The molecule has 2 aromatic heterocycles. The number of anilines is 3. The van der Waals surface area contributed by atoms with Crippen molar-refractivity contribution in [1.29, 1.82) is 0 Å². The Bertz CT molecular complexity index is 944. The molecule has 0 bridgehead atoms. The van der Waals surface area contributed by atoms with Gasteiger partial charge in [0.05, 0.1) is 22.6 Å². The highest BCUT2D eigenvalue weighted by Gasteiger charge is 2.18. The first-order chi connectivity index (χ1) is 11.8. The number of nitrogens with zero attached hydrogens (tertiary/aromatic N) is 4. The number of benzene rings is 1. The Kier molecular flexibility index (Phi) is 4.73. The molecule has 3 aromatic rings. The van der Waals surface area contributed by atoms with Crippen molar-refractivity contribution < 1.29 is 8.78 Å². The average Bonchev–Trinajstić information content (AvgIpc) is 2.97. The van der Waals surface area contributed by atoms with Gasteiger partial charge in [0.2, 0.25) is 5.95 Å². The lowest BCUT2D eigenvalue weighted by Crippen LogP contribution is -2.09. The van der Waals surface area contributed by atoms with Gasteiger partial charge in [0.25, 0.3) is 0 Å². The maximum atomic E-state index is 14.3.